The maximum atomic E-state index is 6.58. The molecule has 0 aliphatic rings. The molecule has 0 aliphatic heterocycles. The molecule has 0 saturated carbocycles. The Bertz CT molecular complexity index is 491. The molecule has 23 heavy (non-hydrogen) atoms. The minimum absolute atomic E-state index is 0.780. The minimum atomic E-state index is -3.55. The standard InChI is InChI=1S/2C6H5.2C4H9O.Sn/c2*1-2-4-6-5-3-1;2*1-2-3-4-5;/h2*1-5H;2*2-4H2,1H3;/q;;2*-1;+2. The topological polar surface area (TPSA) is 18.5 Å². The summed E-state index contributed by atoms with van der Waals surface area (Å²) in [5.41, 5.74) is 0. The Hall–Kier alpha value is -0.841. The van der Waals surface area contributed by atoms with E-state index >= 15 is 0 Å². The molecule has 124 valence electrons. The van der Waals surface area contributed by atoms with Crippen molar-refractivity contribution < 1.29 is 6.15 Å². The summed E-state index contributed by atoms with van der Waals surface area (Å²) in [4.78, 5) is 0. The zero-order valence-electron chi connectivity index (χ0n) is 14.3. The summed E-state index contributed by atoms with van der Waals surface area (Å²) in [6.07, 6.45) is 4.44. The number of rotatable bonds is 10. The van der Waals surface area contributed by atoms with Gasteiger partial charge in [-0.3, -0.25) is 0 Å². The van der Waals surface area contributed by atoms with Crippen LogP contribution in [0.15, 0.2) is 60.7 Å². The predicted molar refractivity (Wildman–Crippen MR) is 99.6 cm³/mol. The van der Waals surface area contributed by atoms with E-state index < -0.39 is 19.2 Å². The van der Waals surface area contributed by atoms with Crippen LogP contribution in [-0.2, 0) is 6.15 Å². The first-order chi connectivity index (χ1) is 11.3. The molecule has 0 fully saturated rings. The number of benzene rings is 2. The van der Waals surface area contributed by atoms with Crippen molar-refractivity contribution in [2.45, 2.75) is 39.5 Å². The van der Waals surface area contributed by atoms with Crippen LogP contribution < -0.4 is 7.16 Å². The Kier molecular flexibility index (Phi) is 8.13. The molecule has 2 nitrogen and oxygen atoms in total. The number of hydrogen-bond acceptors (Lipinski definition) is 2. The third-order valence-corrected chi connectivity index (χ3v) is 13.6. The van der Waals surface area contributed by atoms with Crippen molar-refractivity contribution in [3.8, 4) is 0 Å². The molecule has 0 unspecified atom stereocenters. The molecule has 0 aromatic heterocycles. The Morgan fingerprint density at radius 3 is 1.39 bits per heavy atom. The van der Waals surface area contributed by atoms with E-state index in [4.69, 9.17) is 6.15 Å². The molecule has 2 aromatic carbocycles. The molecule has 0 aliphatic carbocycles. The van der Waals surface area contributed by atoms with E-state index in [1.807, 2.05) is 0 Å². The Balaban J connectivity index is 2.39. The van der Waals surface area contributed by atoms with Gasteiger partial charge in [-0.15, -0.1) is 0 Å². The van der Waals surface area contributed by atoms with Gasteiger partial charge in [0.15, 0.2) is 0 Å². The van der Waals surface area contributed by atoms with E-state index in [1.54, 1.807) is 0 Å². The van der Waals surface area contributed by atoms with Crippen molar-refractivity contribution in [2.24, 2.45) is 0 Å². The molecule has 0 bridgehead atoms. The van der Waals surface area contributed by atoms with Crippen LogP contribution in [0.2, 0.25) is 0 Å². The first-order valence-corrected chi connectivity index (χ1v) is 13.9. The average molecular weight is 419 g/mol. The summed E-state index contributed by atoms with van der Waals surface area (Å²) >= 11 is -3.55. The van der Waals surface area contributed by atoms with Gasteiger partial charge in [0.25, 0.3) is 0 Å². The molecule has 2 aromatic rings. The van der Waals surface area contributed by atoms with Gasteiger partial charge in [0.2, 0.25) is 0 Å². The van der Waals surface area contributed by atoms with E-state index in [-0.39, 0.29) is 0 Å². The number of unbranched alkanes of at least 4 members (excludes halogenated alkanes) is 2. The summed E-state index contributed by atoms with van der Waals surface area (Å²) in [5, 5.41) is 0. The van der Waals surface area contributed by atoms with Crippen molar-refractivity contribution >= 4 is 26.4 Å². The zero-order chi connectivity index (χ0) is 16.4. The monoisotopic (exact) mass is 420 g/mol. The first-order valence-electron chi connectivity index (χ1n) is 8.72. The van der Waals surface area contributed by atoms with Crippen LogP contribution in [0.5, 0.6) is 0 Å². The summed E-state index contributed by atoms with van der Waals surface area (Å²) < 4.78 is 15.7. The van der Waals surface area contributed by atoms with Gasteiger partial charge in [-0.2, -0.15) is 0 Å². The molecule has 3 heteroatoms. The second kappa shape index (κ2) is 10.1. The SMILES string of the molecule is CCCC[O][Sn]([O]CCCC)([c]1ccccc1)[c]1ccccc1. The molecule has 0 N–H and O–H groups in total. The van der Waals surface area contributed by atoms with Gasteiger partial charge in [0.05, 0.1) is 0 Å². The van der Waals surface area contributed by atoms with Crippen molar-refractivity contribution in [3.63, 3.8) is 0 Å². The fourth-order valence-electron chi connectivity index (χ4n) is 2.58. The second-order valence-corrected chi connectivity index (χ2v) is 14.2. The van der Waals surface area contributed by atoms with Crippen LogP contribution in [0, 0.1) is 0 Å². The summed E-state index contributed by atoms with van der Waals surface area (Å²) in [6, 6.07) is 21.2. The average Bonchev–Trinajstić information content (AvgIpc) is 2.62. The van der Waals surface area contributed by atoms with Gasteiger partial charge in [0, 0.05) is 0 Å². The van der Waals surface area contributed by atoms with Crippen molar-refractivity contribution in [2.75, 3.05) is 13.2 Å². The number of hydrogen-bond donors (Lipinski definition) is 0. The zero-order valence-corrected chi connectivity index (χ0v) is 17.2. The Morgan fingerprint density at radius 2 is 1.04 bits per heavy atom. The molecule has 0 heterocycles. The third-order valence-electron chi connectivity index (χ3n) is 3.91. The van der Waals surface area contributed by atoms with E-state index in [2.05, 4.69) is 74.5 Å². The van der Waals surface area contributed by atoms with E-state index in [0.29, 0.717) is 0 Å². The van der Waals surface area contributed by atoms with Crippen LogP contribution in [0.25, 0.3) is 0 Å². The van der Waals surface area contributed by atoms with Crippen molar-refractivity contribution in [1.82, 2.24) is 0 Å². The summed E-state index contributed by atoms with van der Waals surface area (Å²) in [6.45, 7) is 5.96. The van der Waals surface area contributed by atoms with Crippen LogP contribution in [0.3, 0.4) is 0 Å². The van der Waals surface area contributed by atoms with Crippen molar-refractivity contribution in [1.29, 1.82) is 0 Å². The van der Waals surface area contributed by atoms with E-state index in [1.165, 1.54) is 7.16 Å². The normalized spacial score (nSPS) is 11.6. The summed E-state index contributed by atoms with van der Waals surface area (Å²) in [5.74, 6) is 0. The third kappa shape index (κ3) is 5.06. The van der Waals surface area contributed by atoms with Crippen LogP contribution in [0.1, 0.15) is 39.5 Å². The molecule has 0 atom stereocenters. The fraction of sp³-hybridized carbons (Fsp3) is 0.400. The summed E-state index contributed by atoms with van der Waals surface area (Å²) in [7, 11) is 0. The van der Waals surface area contributed by atoms with E-state index in [9.17, 15) is 0 Å². The molecule has 0 saturated heterocycles. The molecule has 0 spiro atoms. The van der Waals surface area contributed by atoms with Crippen LogP contribution in [-0.4, -0.2) is 32.4 Å². The molecule has 2 rings (SSSR count). The molecular formula is C20H28O2Sn. The van der Waals surface area contributed by atoms with Gasteiger partial charge < -0.3 is 0 Å². The fourth-order valence-corrected chi connectivity index (χ4v) is 11.7. The van der Waals surface area contributed by atoms with E-state index in [0.717, 1.165) is 38.9 Å². The molecular weight excluding hydrogens is 391 g/mol. The van der Waals surface area contributed by atoms with Gasteiger partial charge in [-0.05, 0) is 0 Å². The van der Waals surface area contributed by atoms with Gasteiger partial charge >= 0.3 is 146 Å². The quantitative estimate of drug-likeness (QED) is 0.430. The van der Waals surface area contributed by atoms with Gasteiger partial charge in [-0.1, -0.05) is 0 Å². The second-order valence-electron chi connectivity index (χ2n) is 5.75. The van der Waals surface area contributed by atoms with Crippen LogP contribution in [0.4, 0.5) is 0 Å². The maximum absolute atomic E-state index is 6.58. The van der Waals surface area contributed by atoms with Gasteiger partial charge in [0.1, 0.15) is 0 Å². The molecule has 0 radical (unpaired) electrons. The Morgan fingerprint density at radius 1 is 0.652 bits per heavy atom. The first kappa shape index (κ1) is 18.5. The predicted octanol–water partition coefficient (Wildman–Crippen LogP) is 3.88. The van der Waals surface area contributed by atoms with Gasteiger partial charge in [-0.25, -0.2) is 0 Å². The van der Waals surface area contributed by atoms with Crippen LogP contribution >= 0.6 is 0 Å². The van der Waals surface area contributed by atoms with Crippen molar-refractivity contribution in [3.05, 3.63) is 60.7 Å². The molecule has 0 amide bonds. The Labute approximate surface area is 145 Å².